The van der Waals surface area contributed by atoms with Gasteiger partial charge < -0.3 is 19.5 Å². The van der Waals surface area contributed by atoms with Gasteiger partial charge in [0.15, 0.2) is 11.5 Å². The number of benzene rings is 2. The zero-order valence-electron chi connectivity index (χ0n) is 25.6. The topological polar surface area (TPSA) is 76.1 Å². The molecule has 0 aliphatic carbocycles. The molecule has 1 fully saturated rings. The summed E-state index contributed by atoms with van der Waals surface area (Å²) in [5.74, 6) is -0.465. The van der Waals surface area contributed by atoms with Gasteiger partial charge in [-0.3, -0.25) is 9.59 Å². The van der Waals surface area contributed by atoms with Crippen LogP contribution in [0.4, 0.5) is 0 Å². The zero-order valence-corrected chi connectivity index (χ0v) is 26.4. The van der Waals surface area contributed by atoms with Crippen LogP contribution < -0.4 is 9.47 Å². The third-order valence-corrected chi connectivity index (χ3v) is 8.39. The number of hydrogen-bond acceptors (Lipinski definition) is 5. The highest BCUT2D eigenvalue weighted by Crippen LogP contribution is 2.42. The van der Waals surface area contributed by atoms with E-state index in [4.69, 9.17) is 21.1 Å². The molecule has 0 radical (unpaired) electrons. The van der Waals surface area contributed by atoms with E-state index in [1.165, 1.54) is 70.6 Å². The Kier molecular flexibility index (Phi) is 14.2. The van der Waals surface area contributed by atoms with Gasteiger partial charge in [0.2, 0.25) is 0 Å². The van der Waals surface area contributed by atoms with Gasteiger partial charge in [-0.15, -0.1) is 0 Å². The van der Waals surface area contributed by atoms with Gasteiger partial charge in [0.05, 0.1) is 25.8 Å². The number of nitrogens with zero attached hydrogens (tertiary/aromatic N) is 1. The molecule has 42 heavy (non-hydrogen) atoms. The molecule has 1 amide bonds. The van der Waals surface area contributed by atoms with Crippen LogP contribution in [0.15, 0.2) is 48.0 Å². The molecule has 0 spiro atoms. The van der Waals surface area contributed by atoms with Gasteiger partial charge >= 0.3 is 0 Å². The van der Waals surface area contributed by atoms with Crippen molar-refractivity contribution >= 4 is 29.1 Å². The molecule has 2 aromatic rings. The maximum absolute atomic E-state index is 13.3. The van der Waals surface area contributed by atoms with E-state index in [1.54, 1.807) is 55.5 Å². The SMILES string of the molecule is CCCCCCCCCCCCCCCCN1C(=O)C(=O)/C(=C(/O)c2ccc(Cl)cc2)[C@@H]1c1ccc(OC)c(OC)c1. The van der Waals surface area contributed by atoms with E-state index in [-0.39, 0.29) is 11.3 Å². The fourth-order valence-corrected chi connectivity index (χ4v) is 5.85. The van der Waals surface area contributed by atoms with Crippen LogP contribution in [0.2, 0.25) is 5.02 Å². The summed E-state index contributed by atoms with van der Waals surface area (Å²) in [6, 6.07) is 11.2. The van der Waals surface area contributed by atoms with Crippen molar-refractivity contribution in [1.29, 1.82) is 0 Å². The van der Waals surface area contributed by atoms with E-state index in [0.717, 1.165) is 19.3 Å². The number of hydrogen-bond donors (Lipinski definition) is 1. The number of carbonyl (C=O) groups is 2. The largest absolute Gasteiger partial charge is 0.507 e. The summed E-state index contributed by atoms with van der Waals surface area (Å²) in [5, 5.41) is 11.8. The molecule has 1 heterocycles. The molecule has 3 rings (SSSR count). The summed E-state index contributed by atoms with van der Waals surface area (Å²) >= 11 is 6.04. The summed E-state index contributed by atoms with van der Waals surface area (Å²) < 4.78 is 10.9. The Balaban J connectivity index is 1.62. The van der Waals surface area contributed by atoms with Gasteiger partial charge in [0, 0.05) is 17.1 Å². The minimum atomic E-state index is -0.734. The number of likely N-dealkylation sites (tertiary alicyclic amines) is 1. The lowest BCUT2D eigenvalue weighted by atomic mass is 9.95. The molecule has 0 bridgehead atoms. The number of halogens is 1. The number of carbonyl (C=O) groups excluding carboxylic acids is 2. The van der Waals surface area contributed by atoms with E-state index >= 15 is 0 Å². The van der Waals surface area contributed by atoms with Crippen molar-refractivity contribution in [1.82, 2.24) is 4.90 Å². The van der Waals surface area contributed by atoms with Crippen molar-refractivity contribution in [2.75, 3.05) is 20.8 Å². The Bertz CT molecular complexity index is 1180. The van der Waals surface area contributed by atoms with Crippen molar-refractivity contribution in [2.24, 2.45) is 0 Å². The van der Waals surface area contributed by atoms with Crippen LogP contribution in [-0.2, 0) is 9.59 Å². The molecule has 230 valence electrons. The van der Waals surface area contributed by atoms with E-state index in [9.17, 15) is 14.7 Å². The first-order valence-electron chi connectivity index (χ1n) is 15.7. The molecule has 1 aliphatic heterocycles. The lowest BCUT2D eigenvalue weighted by Crippen LogP contribution is -2.30. The van der Waals surface area contributed by atoms with Crippen molar-refractivity contribution < 1.29 is 24.2 Å². The standard InChI is InChI=1S/C35H48ClNO5/c1-4-5-6-7-8-9-10-11-12-13-14-15-16-17-24-37-32(27-20-23-29(41-2)30(25-27)42-3)31(34(39)35(37)40)33(38)26-18-21-28(36)22-19-26/h18-23,25,32,38H,4-17,24H2,1-3H3/b33-31+/t32-/m0/s1. The summed E-state index contributed by atoms with van der Waals surface area (Å²) in [4.78, 5) is 28.2. The average Bonchev–Trinajstić information content (AvgIpc) is 3.25. The fourth-order valence-electron chi connectivity index (χ4n) is 5.72. The number of amides is 1. The molecule has 1 N–H and O–H groups in total. The Morgan fingerprint density at radius 3 is 1.81 bits per heavy atom. The number of ketones is 1. The Morgan fingerprint density at radius 1 is 0.762 bits per heavy atom. The van der Waals surface area contributed by atoms with Crippen LogP contribution in [0.3, 0.4) is 0 Å². The van der Waals surface area contributed by atoms with Crippen LogP contribution in [0.25, 0.3) is 5.76 Å². The molecule has 6 nitrogen and oxygen atoms in total. The first-order valence-corrected chi connectivity index (χ1v) is 16.1. The molecular formula is C35H48ClNO5. The molecule has 0 unspecified atom stereocenters. The predicted molar refractivity (Wildman–Crippen MR) is 170 cm³/mol. The Hall–Kier alpha value is -2.99. The number of aliphatic hydroxyl groups is 1. The maximum atomic E-state index is 13.3. The second kappa shape index (κ2) is 17.8. The first-order chi connectivity index (χ1) is 20.4. The molecule has 2 aromatic carbocycles. The number of ether oxygens (including phenoxy) is 2. The zero-order chi connectivity index (χ0) is 30.3. The number of unbranched alkanes of at least 4 members (excludes halogenated alkanes) is 13. The molecule has 0 aromatic heterocycles. The van der Waals surface area contributed by atoms with Crippen molar-refractivity contribution in [2.45, 2.75) is 103 Å². The first kappa shape index (κ1) is 33.5. The van der Waals surface area contributed by atoms with Crippen LogP contribution in [0, 0.1) is 0 Å². The average molecular weight is 598 g/mol. The minimum Gasteiger partial charge on any atom is -0.507 e. The van der Waals surface area contributed by atoms with Crippen molar-refractivity contribution in [3.8, 4) is 11.5 Å². The summed E-state index contributed by atoms with van der Waals surface area (Å²) in [6.07, 6.45) is 17.4. The maximum Gasteiger partial charge on any atom is 0.295 e. The Morgan fingerprint density at radius 2 is 1.29 bits per heavy atom. The number of Topliss-reactive ketones (excluding diaryl/α,β-unsaturated/α-hetero) is 1. The fraction of sp³-hybridized carbons (Fsp3) is 0.543. The van der Waals surface area contributed by atoms with Gasteiger partial charge in [0.1, 0.15) is 5.76 Å². The molecule has 1 atom stereocenters. The quantitative estimate of drug-likeness (QED) is 0.0755. The van der Waals surface area contributed by atoms with Gasteiger partial charge in [-0.05, 0) is 48.4 Å². The summed E-state index contributed by atoms with van der Waals surface area (Å²) in [6.45, 7) is 2.69. The van der Waals surface area contributed by atoms with Gasteiger partial charge in [-0.2, -0.15) is 0 Å². The third kappa shape index (κ3) is 9.26. The number of methoxy groups -OCH3 is 2. The predicted octanol–water partition coefficient (Wildman–Crippen LogP) is 9.26. The van der Waals surface area contributed by atoms with Gasteiger partial charge in [0.25, 0.3) is 11.7 Å². The number of rotatable bonds is 19. The lowest BCUT2D eigenvalue weighted by molar-refractivity contribution is -0.139. The molecular weight excluding hydrogens is 550 g/mol. The summed E-state index contributed by atoms with van der Waals surface area (Å²) in [7, 11) is 3.10. The second-order valence-electron chi connectivity index (χ2n) is 11.2. The van der Waals surface area contributed by atoms with Crippen LogP contribution in [0.5, 0.6) is 11.5 Å². The third-order valence-electron chi connectivity index (χ3n) is 8.13. The molecule has 1 aliphatic rings. The molecule has 1 saturated heterocycles. The number of aliphatic hydroxyl groups excluding tert-OH is 1. The van der Waals surface area contributed by atoms with E-state index < -0.39 is 17.7 Å². The van der Waals surface area contributed by atoms with Crippen LogP contribution in [0.1, 0.15) is 114 Å². The Labute approximate surface area is 257 Å². The van der Waals surface area contributed by atoms with Crippen molar-refractivity contribution in [3.63, 3.8) is 0 Å². The highest BCUT2D eigenvalue weighted by molar-refractivity contribution is 6.46. The highest BCUT2D eigenvalue weighted by Gasteiger charge is 2.46. The minimum absolute atomic E-state index is 0.0694. The molecule has 0 saturated carbocycles. The van der Waals surface area contributed by atoms with Crippen LogP contribution >= 0.6 is 11.6 Å². The second-order valence-corrected chi connectivity index (χ2v) is 11.6. The highest BCUT2D eigenvalue weighted by atomic mass is 35.5. The summed E-state index contributed by atoms with van der Waals surface area (Å²) in [5.41, 5.74) is 1.17. The van der Waals surface area contributed by atoms with Crippen molar-refractivity contribution in [3.05, 3.63) is 64.2 Å². The van der Waals surface area contributed by atoms with E-state index in [0.29, 0.717) is 34.2 Å². The normalized spacial score (nSPS) is 16.3. The van der Waals surface area contributed by atoms with E-state index in [2.05, 4.69) is 6.92 Å². The smallest absolute Gasteiger partial charge is 0.295 e. The van der Waals surface area contributed by atoms with Gasteiger partial charge in [-0.25, -0.2) is 0 Å². The van der Waals surface area contributed by atoms with E-state index in [1.807, 2.05) is 6.07 Å². The molecule has 7 heteroatoms. The lowest BCUT2D eigenvalue weighted by Gasteiger charge is -2.26. The monoisotopic (exact) mass is 597 g/mol. The van der Waals surface area contributed by atoms with Gasteiger partial charge in [-0.1, -0.05) is 108 Å². The van der Waals surface area contributed by atoms with Crippen LogP contribution in [-0.4, -0.2) is 42.5 Å².